The maximum atomic E-state index is 5.72. The van der Waals surface area contributed by atoms with Crippen molar-refractivity contribution in [1.82, 2.24) is 5.32 Å². The van der Waals surface area contributed by atoms with E-state index in [0.29, 0.717) is 19.8 Å². The Morgan fingerprint density at radius 1 is 1.06 bits per heavy atom. The van der Waals surface area contributed by atoms with Gasteiger partial charge in [0.1, 0.15) is 0 Å². The van der Waals surface area contributed by atoms with Crippen LogP contribution in [0, 0.1) is 0 Å². The van der Waals surface area contributed by atoms with Gasteiger partial charge in [-0.15, -0.1) is 6.58 Å². The molecule has 0 aliphatic rings. The molecule has 0 fully saturated rings. The lowest BCUT2D eigenvalue weighted by atomic mass is 10.6. The summed E-state index contributed by atoms with van der Waals surface area (Å²) < 4.78 is 17.2. The molecule has 5 heteroatoms. The van der Waals surface area contributed by atoms with Crippen LogP contribution in [-0.2, 0) is 13.3 Å². The summed E-state index contributed by atoms with van der Waals surface area (Å²) in [5.41, 5.74) is 0. The molecule has 0 aliphatic heterocycles. The number of nitrogens with one attached hydrogen (secondary N) is 1. The lowest BCUT2D eigenvalue weighted by molar-refractivity contribution is 0.0714. The highest BCUT2D eigenvalue weighted by Crippen LogP contribution is 2.15. The van der Waals surface area contributed by atoms with E-state index in [0.717, 1.165) is 19.1 Å². The van der Waals surface area contributed by atoms with Gasteiger partial charge in [-0.05, 0) is 27.3 Å². The van der Waals surface area contributed by atoms with Crippen LogP contribution in [-0.4, -0.2) is 41.7 Å². The van der Waals surface area contributed by atoms with E-state index in [1.165, 1.54) is 0 Å². The quantitative estimate of drug-likeness (QED) is 0.343. The van der Waals surface area contributed by atoms with Crippen molar-refractivity contribution in [2.75, 3.05) is 32.9 Å². The van der Waals surface area contributed by atoms with E-state index in [2.05, 4.69) is 11.9 Å². The van der Waals surface area contributed by atoms with Gasteiger partial charge in [0.05, 0.1) is 0 Å². The molecule has 0 radical (unpaired) electrons. The van der Waals surface area contributed by atoms with Gasteiger partial charge in [-0.25, -0.2) is 0 Å². The molecule has 0 spiro atoms. The second kappa shape index (κ2) is 9.98. The third kappa shape index (κ3) is 6.39. The fraction of sp³-hybridized carbons (Fsp3) is 0.818. The molecule has 0 rings (SSSR count). The van der Waals surface area contributed by atoms with Crippen LogP contribution in [0.5, 0.6) is 0 Å². The SMILES string of the molecule is C=CCNCC[Si](OCC)(OCC)OCC. The van der Waals surface area contributed by atoms with Crippen molar-refractivity contribution in [3.63, 3.8) is 0 Å². The minimum atomic E-state index is -2.44. The standard InChI is InChI=1S/C11H25NO3Si/c1-5-9-12-10-11-16(13-6-2,14-7-3)15-8-4/h5,12H,1,6-11H2,2-4H3. The van der Waals surface area contributed by atoms with Crippen LogP contribution in [0.4, 0.5) is 0 Å². The summed E-state index contributed by atoms with van der Waals surface area (Å²) in [5.74, 6) is 0. The first-order valence-electron chi connectivity index (χ1n) is 5.98. The first-order chi connectivity index (χ1) is 7.74. The summed E-state index contributed by atoms with van der Waals surface area (Å²) in [7, 11) is -2.44. The number of hydrogen-bond acceptors (Lipinski definition) is 4. The molecule has 0 bridgehead atoms. The summed E-state index contributed by atoms with van der Waals surface area (Å²) in [6.07, 6.45) is 1.84. The molecule has 0 amide bonds. The van der Waals surface area contributed by atoms with Gasteiger partial charge in [-0.1, -0.05) is 6.08 Å². The fourth-order valence-corrected chi connectivity index (χ4v) is 3.93. The minimum absolute atomic E-state index is 0.633. The molecule has 1 N–H and O–H groups in total. The van der Waals surface area contributed by atoms with Crippen LogP contribution in [0.1, 0.15) is 20.8 Å². The Hall–Kier alpha value is -0.203. The van der Waals surface area contributed by atoms with Crippen LogP contribution in [0.25, 0.3) is 0 Å². The second-order valence-corrected chi connectivity index (χ2v) is 5.96. The first-order valence-corrected chi connectivity index (χ1v) is 7.91. The molecular weight excluding hydrogens is 222 g/mol. The number of rotatable bonds is 11. The van der Waals surface area contributed by atoms with Crippen LogP contribution < -0.4 is 5.32 Å². The Balaban J connectivity index is 4.17. The average molecular weight is 247 g/mol. The van der Waals surface area contributed by atoms with Crippen molar-refractivity contribution in [2.24, 2.45) is 0 Å². The van der Waals surface area contributed by atoms with Crippen molar-refractivity contribution >= 4 is 8.80 Å². The zero-order valence-electron chi connectivity index (χ0n) is 10.8. The largest absolute Gasteiger partial charge is 0.502 e. The Morgan fingerprint density at radius 3 is 1.94 bits per heavy atom. The molecule has 0 heterocycles. The van der Waals surface area contributed by atoms with Gasteiger partial charge in [0, 0.05) is 32.4 Å². The van der Waals surface area contributed by atoms with Crippen LogP contribution >= 0.6 is 0 Å². The van der Waals surface area contributed by atoms with E-state index in [9.17, 15) is 0 Å². The highest BCUT2D eigenvalue weighted by molar-refractivity contribution is 6.60. The van der Waals surface area contributed by atoms with E-state index < -0.39 is 8.80 Å². The summed E-state index contributed by atoms with van der Waals surface area (Å²) in [5, 5.41) is 3.24. The average Bonchev–Trinajstić information content (AvgIpc) is 2.26. The molecular formula is C11H25NO3Si. The van der Waals surface area contributed by atoms with Crippen molar-refractivity contribution in [3.05, 3.63) is 12.7 Å². The Kier molecular flexibility index (Phi) is 9.86. The summed E-state index contributed by atoms with van der Waals surface area (Å²) in [6.45, 7) is 13.1. The van der Waals surface area contributed by atoms with E-state index in [4.69, 9.17) is 13.3 Å². The monoisotopic (exact) mass is 247 g/mol. The molecule has 0 aromatic rings. The predicted octanol–water partition coefficient (Wildman–Crippen LogP) is 1.81. The highest BCUT2D eigenvalue weighted by Gasteiger charge is 2.39. The van der Waals surface area contributed by atoms with Gasteiger partial charge >= 0.3 is 8.80 Å². The molecule has 0 atom stereocenters. The molecule has 96 valence electrons. The minimum Gasteiger partial charge on any atom is -0.374 e. The predicted molar refractivity (Wildman–Crippen MR) is 68.5 cm³/mol. The van der Waals surface area contributed by atoms with Gasteiger partial charge in [0.15, 0.2) is 0 Å². The van der Waals surface area contributed by atoms with E-state index in [1.807, 2.05) is 26.8 Å². The normalized spacial score (nSPS) is 11.7. The van der Waals surface area contributed by atoms with Crippen molar-refractivity contribution < 1.29 is 13.3 Å². The third-order valence-corrected chi connectivity index (χ3v) is 5.04. The van der Waals surface area contributed by atoms with Crippen molar-refractivity contribution in [2.45, 2.75) is 26.8 Å². The lowest BCUT2D eigenvalue weighted by Crippen LogP contribution is -2.47. The Labute approximate surface area is 100 Å². The molecule has 0 saturated heterocycles. The van der Waals surface area contributed by atoms with E-state index in [1.54, 1.807) is 0 Å². The van der Waals surface area contributed by atoms with Gasteiger partial charge in [0.2, 0.25) is 0 Å². The van der Waals surface area contributed by atoms with Crippen LogP contribution in [0.15, 0.2) is 12.7 Å². The topological polar surface area (TPSA) is 39.7 Å². The maximum absolute atomic E-state index is 5.72. The zero-order valence-corrected chi connectivity index (χ0v) is 11.8. The molecule has 0 unspecified atom stereocenters. The van der Waals surface area contributed by atoms with Gasteiger partial charge in [-0.3, -0.25) is 0 Å². The molecule has 0 aliphatic carbocycles. The Bertz CT molecular complexity index is 162. The summed E-state index contributed by atoms with van der Waals surface area (Å²) in [6, 6.07) is 0.802. The highest BCUT2D eigenvalue weighted by atomic mass is 28.4. The lowest BCUT2D eigenvalue weighted by Gasteiger charge is -2.28. The second-order valence-electron chi connectivity index (χ2n) is 3.22. The molecule has 16 heavy (non-hydrogen) atoms. The smallest absolute Gasteiger partial charge is 0.374 e. The first kappa shape index (κ1) is 15.8. The van der Waals surface area contributed by atoms with Gasteiger partial charge in [-0.2, -0.15) is 0 Å². The molecule has 0 aromatic carbocycles. The summed E-state index contributed by atoms with van der Waals surface area (Å²) in [4.78, 5) is 0. The van der Waals surface area contributed by atoms with E-state index >= 15 is 0 Å². The fourth-order valence-electron chi connectivity index (χ4n) is 1.45. The Morgan fingerprint density at radius 2 is 1.56 bits per heavy atom. The zero-order chi connectivity index (χ0) is 12.3. The molecule has 0 saturated carbocycles. The van der Waals surface area contributed by atoms with E-state index in [-0.39, 0.29) is 0 Å². The van der Waals surface area contributed by atoms with Crippen LogP contribution in [0.2, 0.25) is 6.04 Å². The molecule has 4 nitrogen and oxygen atoms in total. The maximum Gasteiger partial charge on any atom is 0.502 e. The van der Waals surface area contributed by atoms with Gasteiger partial charge in [0.25, 0.3) is 0 Å². The van der Waals surface area contributed by atoms with Crippen LogP contribution in [0.3, 0.4) is 0 Å². The number of hydrogen-bond donors (Lipinski definition) is 1. The summed E-state index contributed by atoms with van der Waals surface area (Å²) >= 11 is 0. The van der Waals surface area contributed by atoms with Gasteiger partial charge < -0.3 is 18.6 Å². The van der Waals surface area contributed by atoms with Crippen molar-refractivity contribution in [1.29, 1.82) is 0 Å². The molecule has 0 aromatic heterocycles. The van der Waals surface area contributed by atoms with Crippen molar-refractivity contribution in [3.8, 4) is 0 Å². The third-order valence-electron chi connectivity index (χ3n) is 1.99.